The molecule has 0 aliphatic rings. The smallest absolute Gasteiger partial charge is 0.416 e. The van der Waals surface area contributed by atoms with E-state index in [4.69, 9.17) is 9.15 Å². The van der Waals surface area contributed by atoms with Crippen molar-refractivity contribution in [1.29, 1.82) is 0 Å². The van der Waals surface area contributed by atoms with E-state index in [1.54, 1.807) is 25.1 Å². The first-order valence-electron chi connectivity index (χ1n) is 9.32. The number of amides is 2. The lowest BCUT2D eigenvalue weighted by Crippen LogP contribution is -2.33. The summed E-state index contributed by atoms with van der Waals surface area (Å²) in [5, 5.41) is 6.00. The summed E-state index contributed by atoms with van der Waals surface area (Å²) in [6.45, 7) is 1.57. The average molecular weight is 459 g/mol. The van der Waals surface area contributed by atoms with Gasteiger partial charge in [0, 0.05) is 5.69 Å². The quantitative estimate of drug-likeness (QED) is 0.197. The van der Waals surface area contributed by atoms with Crippen molar-refractivity contribution in [2.24, 2.45) is 5.10 Å². The van der Waals surface area contributed by atoms with Crippen LogP contribution in [0.4, 0.5) is 18.9 Å². The molecule has 0 spiro atoms. The van der Waals surface area contributed by atoms with Crippen molar-refractivity contribution in [3.05, 3.63) is 83.8 Å². The van der Waals surface area contributed by atoms with E-state index in [1.807, 2.05) is 0 Å². The molecule has 0 aliphatic carbocycles. The second-order valence-electron chi connectivity index (χ2n) is 6.56. The van der Waals surface area contributed by atoms with Crippen molar-refractivity contribution < 1.29 is 36.7 Å². The molecule has 2 amide bonds. The molecule has 2 aromatic carbocycles. The molecule has 8 nitrogen and oxygen atoms in total. The van der Waals surface area contributed by atoms with Crippen LogP contribution in [0.3, 0.4) is 0 Å². The number of carbonyl (C=O) groups excluding carboxylic acids is 3. The number of nitrogens with zero attached hydrogens (tertiary/aromatic N) is 1. The molecule has 0 unspecified atom stereocenters. The number of alkyl halides is 3. The summed E-state index contributed by atoms with van der Waals surface area (Å²) < 4.78 is 47.8. The van der Waals surface area contributed by atoms with E-state index in [9.17, 15) is 27.6 Å². The molecular weight excluding hydrogens is 443 g/mol. The predicted molar refractivity (Wildman–Crippen MR) is 111 cm³/mol. The molecule has 33 heavy (non-hydrogen) atoms. The van der Waals surface area contributed by atoms with E-state index in [-0.39, 0.29) is 17.2 Å². The third-order valence-corrected chi connectivity index (χ3v) is 4.21. The maximum Gasteiger partial charge on any atom is 0.416 e. The number of esters is 1. The number of ether oxygens (including phenoxy) is 1. The monoisotopic (exact) mass is 459 g/mol. The van der Waals surface area contributed by atoms with Gasteiger partial charge in [0.2, 0.25) is 5.76 Å². The highest BCUT2D eigenvalue weighted by Crippen LogP contribution is 2.29. The van der Waals surface area contributed by atoms with Crippen molar-refractivity contribution >= 4 is 29.2 Å². The molecule has 0 bridgehead atoms. The zero-order chi connectivity index (χ0) is 24.0. The molecule has 1 aromatic heterocycles. The minimum Gasteiger partial charge on any atom is -0.457 e. The molecular formula is C22H16F3N3O5. The highest BCUT2D eigenvalue weighted by molar-refractivity contribution is 6.39. The van der Waals surface area contributed by atoms with Crippen molar-refractivity contribution in [2.75, 3.05) is 5.32 Å². The second-order valence-corrected chi connectivity index (χ2v) is 6.56. The molecule has 0 saturated heterocycles. The van der Waals surface area contributed by atoms with Gasteiger partial charge in [-0.1, -0.05) is 0 Å². The fourth-order valence-corrected chi connectivity index (χ4v) is 2.50. The number of nitrogens with one attached hydrogen (secondary N) is 2. The third-order valence-electron chi connectivity index (χ3n) is 4.21. The SMILES string of the molecule is CC(=NNC(=O)C(=O)Nc1ccc(C(F)(F)F)cc1)c1ccc(OC(=O)c2ccco2)cc1. The van der Waals surface area contributed by atoms with Gasteiger partial charge in [-0.2, -0.15) is 18.3 Å². The highest BCUT2D eigenvalue weighted by atomic mass is 19.4. The minimum atomic E-state index is -4.51. The molecule has 11 heteroatoms. The van der Waals surface area contributed by atoms with Crippen molar-refractivity contribution in [2.45, 2.75) is 13.1 Å². The standard InChI is InChI=1S/C22H16F3N3O5/c1-13(14-4-10-17(11-5-14)33-21(31)18-3-2-12-32-18)27-28-20(30)19(29)26-16-8-6-15(7-9-16)22(23,24)25/h2-12H,1H3,(H,26,29)(H,28,30). The van der Waals surface area contributed by atoms with E-state index in [0.717, 1.165) is 24.3 Å². The molecule has 3 rings (SSSR count). The van der Waals surface area contributed by atoms with Gasteiger partial charge in [-0.05, 0) is 73.2 Å². The van der Waals surface area contributed by atoms with Crippen LogP contribution < -0.4 is 15.5 Å². The van der Waals surface area contributed by atoms with Gasteiger partial charge in [-0.15, -0.1) is 0 Å². The van der Waals surface area contributed by atoms with Crippen molar-refractivity contribution in [3.63, 3.8) is 0 Å². The zero-order valence-electron chi connectivity index (χ0n) is 17.0. The molecule has 0 atom stereocenters. The van der Waals surface area contributed by atoms with E-state index in [1.165, 1.54) is 24.5 Å². The Kier molecular flexibility index (Phi) is 6.91. The summed E-state index contributed by atoms with van der Waals surface area (Å²) in [4.78, 5) is 35.7. The molecule has 3 aromatic rings. The Bertz CT molecular complexity index is 1170. The molecule has 0 fully saturated rings. The summed E-state index contributed by atoms with van der Waals surface area (Å²) in [6, 6.07) is 12.8. The van der Waals surface area contributed by atoms with Gasteiger partial charge >= 0.3 is 24.0 Å². The fraction of sp³-hybridized carbons (Fsp3) is 0.0909. The van der Waals surface area contributed by atoms with Crippen LogP contribution in [0.2, 0.25) is 0 Å². The molecule has 1 heterocycles. The van der Waals surface area contributed by atoms with Gasteiger partial charge in [0.1, 0.15) is 5.75 Å². The Morgan fingerprint density at radius 3 is 2.18 bits per heavy atom. The maximum atomic E-state index is 12.6. The van der Waals surface area contributed by atoms with Gasteiger partial charge in [-0.25, -0.2) is 10.2 Å². The van der Waals surface area contributed by atoms with E-state index >= 15 is 0 Å². The van der Waals surface area contributed by atoms with E-state index in [2.05, 4.69) is 15.8 Å². The van der Waals surface area contributed by atoms with Crippen LogP contribution in [0.5, 0.6) is 5.75 Å². The molecule has 0 aliphatic heterocycles. The van der Waals surface area contributed by atoms with Crippen molar-refractivity contribution in [1.82, 2.24) is 5.43 Å². The average Bonchev–Trinajstić information content (AvgIpc) is 3.32. The topological polar surface area (TPSA) is 110 Å². The summed E-state index contributed by atoms with van der Waals surface area (Å²) in [5.41, 5.74) is 2.10. The number of hydrogen-bond acceptors (Lipinski definition) is 6. The second kappa shape index (κ2) is 9.81. The number of rotatable bonds is 5. The fourth-order valence-electron chi connectivity index (χ4n) is 2.50. The number of hydrogen-bond donors (Lipinski definition) is 2. The zero-order valence-corrected chi connectivity index (χ0v) is 17.0. The van der Waals surface area contributed by atoms with Gasteiger partial charge in [-0.3, -0.25) is 9.59 Å². The van der Waals surface area contributed by atoms with Crippen LogP contribution in [0, 0.1) is 0 Å². The predicted octanol–water partition coefficient (Wildman–Crippen LogP) is 4.00. The molecule has 0 radical (unpaired) electrons. The van der Waals surface area contributed by atoms with Crippen LogP contribution in [-0.4, -0.2) is 23.5 Å². The summed E-state index contributed by atoms with van der Waals surface area (Å²) in [6.07, 6.45) is -3.16. The summed E-state index contributed by atoms with van der Waals surface area (Å²) in [5.74, 6) is -2.57. The Labute approximate surface area is 185 Å². The number of anilines is 1. The minimum absolute atomic E-state index is 0.0172. The first kappa shape index (κ1) is 23.3. The Balaban J connectivity index is 1.54. The van der Waals surface area contributed by atoms with Crippen LogP contribution in [0.15, 0.2) is 76.4 Å². The molecule has 170 valence electrons. The normalized spacial score (nSPS) is 11.6. The third kappa shape index (κ3) is 6.29. The number of halogens is 3. The number of furan rings is 1. The van der Waals surface area contributed by atoms with E-state index < -0.39 is 29.5 Å². The van der Waals surface area contributed by atoms with Crippen LogP contribution in [-0.2, 0) is 15.8 Å². The Morgan fingerprint density at radius 1 is 0.939 bits per heavy atom. The summed E-state index contributed by atoms with van der Waals surface area (Å²) >= 11 is 0. The van der Waals surface area contributed by atoms with Gasteiger partial charge in [0.05, 0.1) is 17.5 Å². The number of hydrazone groups is 1. The first-order valence-corrected chi connectivity index (χ1v) is 9.32. The van der Waals surface area contributed by atoms with Crippen LogP contribution >= 0.6 is 0 Å². The number of carbonyl (C=O) groups is 3. The summed E-state index contributed by atoms with van der Waals surface area (Å²) in [7, 11) is 0. The van der Waals surface area contributed by atoms with Gasteiger partial charge in [0.25, 0.3) is 0 Å². The van der Waals surface area contributed by atoms with Crippen LogP contribution in [0.1, 0.15) is 28.6 Å². The van der Waals surface area contributed by atoms with Crippen molar-refractivity contribution in [3.8, 4) is 5.75 Å². The lowest BCUT2D eigenvalue weighted by molar-refractivity contribution is -0.137. The van der Waals surface area contributed by atoms with Crippen LogP contribution in [0.25, 0.3) is 0 Å². The first-order chi connectivity index (χ1) is 15.6. The highest BCUT2D eigenvalue weighted by Gasteiger charge is 2.30. The molecule has 2 N–H and O–H groups in total. The lowest BCUT2D eigenvalue weighted by Gasteiger charge is -2.08. The van der Waals surface area contributed by atoms with E-state index in [0.29, 0.717) is 11.3 Å². The van der Waals surface area contributed by atoms with Gasteiger partial charge < -0.3 is 14.5 Å². The Hall–Kier alpha value is -4.41. The van der Waals surface area contributed by atoms with Gasteiger partial charge in [0.15, 0.2) is 0 Å². The maximum absolute atomic E-state index is 12.6. The largest absolute Gasteiger partial charge is 0.457 e. The Morgan fingerprint density at radius 2 is 1.61 bits per heavy atom. The lowest BCUT2D eigenvalue weighted by atomic mass is 10.1. The number of benzene rings is 2. The molecule has 0 saturated carbocycles.